The van der Waals surface area contributed by atoms with Gasteiger partial charge >= 0.3 is 18.0 Å². The van der Waals surface area contributed by atoms with Crippen molar-refractivity contribution in [2.24, 2.45) is 5.92 Å². The van der Waals surface area contributed by atoms with E-state index in [9.17, 15) is 4.79 Å². The monoisotopic (exact) mass is 268 g/mol. The molecule has 1 aliphatic heterocycles. The van der Waals surface area contributed by atoms with Gasteiger partial charge in [-0.3, -0.25) is 4.79 Å². The van der Waals surface area contributed by atoms with Crippen LogP contribution in [0.4, 0.5) is 5.95 Å². The van der Waals surface area contributed by atoms with Crippen molar-refractivity contribution in [2.45, 2.75) is 12.8 Å². The van der Waals surface area contributed by atoms with E-state index >= 15 is 0 Å². The molecule has 19 heavy (non-hydrogen) atoms. The fraction of sp³-hybridized carbons (Fsp3) is 0.636. The van der Waals surface area contributed by atoms with E-state index in [1.165, 1.54) is 14.2 Å². The van der Waals surface area contributed by atoms with Gasteiger partial charge in [0.05, 0.1) is 20.1 Å². The quantitative estimate of drug-likeness (QED) is 0.826. The van der Waals surface area contributed by atoms with E-state index in [1.54, 1.807) is 0 Å². The zero-order valence-electron chi connectivity index (χ0n) is 10.9. The number of piperidine rings is 1. The lowest BCUT2D eigenvalue weighted by molar-refractivity contribution is -0.142. The van der Waals surface area contributed by atoms with Crippen molar-refractivity contribution in [3.05, 3.63) is 0 Å². The lowest BCUT2D eigenvalue weighted by Crippen LogP contribution is -2.37. The van der Waals surface area contributed by atoms with Crippen molar-refractivity contribution < 1.29 is 19.4 Å². The van der Waals surface area contributed by atoms with Gasteiger partial charge in [-0.15, -0.1) is 4.98 Å². The molecule has 1 aliphatic rings. The molecule has 1 N–H and O–H groups in total. The fourth-order valence-corrected chi connectivity index (χ4v) is 1.98. The maximum absolute atomic E-state index is 10.9. The molecule has 1 fully saturated rings. The highest BCUT2D eigenvalue weighted by Crippen LogP contribution is 2.23. The third-order valence-electron chi connectivity index (χ3n) is 3.07. The Morgan fingerprint density at radius 3 is 2.11 bits per heavy atom. The molecule has 0 bridgehead atoms. The normalized spacial score (nSPS) is 16.2. The Bertz CT molecular complexity index is 438. The van der Waals surface area contributed by atoms with Crippen molar-refractivity contribution in [2.75, 3.05) is 32.2 Å². The lowest BCUT2D eigenvalue weighted by atomic mass is 9.97. The number of hydrogen-bond acceptors (Lipinski definition) is 7. The third-order valence-corrected chi connectivity index (χ3v) is 3.07. The number of carboxylic acid groups (broad SMARTS) is 1. The molecular weight excluding hydrogens is 252 g/mol. The van der Waals surface area contributed by atoms with Gasteiger partial charge in [-0.05, 0) is 12.8 Å². The van der Waals surface area contributed by atoms with Gasteiger partial charge in [0.1, 0.15) is 0 Å². The first kappa shape index (κ1) is 13.3. The summed E-state index contributed by atoms with van der Waals surface area (Å²) in [6, 6.07) is 0.365. The van der Waals surface area contributed by atoms with Gasteiger partial charge in [-0.1, -0.05) is 0 Å². The second-order valence-electron chi connectivity index (χ2n) is 4.21. The van der Waals surface area contributed by atoms with Gasteiger partial charge in [0.25, 0.3) is 0 Å². The molecule has 0 spiro atoms. The number of hydrogen-bond donors (Lipinski definition) is 1. The predicted octanol–water partition coefficient (Wildman–Crippen LogP) is 0.190. The van der Waals surface area contributed by atoms with Gasteiger partial charge < -0.3 is 19.5 Å². The van der Waals surface area contributed by atoms with Crippen LogP contribution in [0.5, 0.6) is 12.0 Å². The average Bonchev–Trinajstić information content (AvgIpc) is 2.46. The summed E-state index contributed by atoms with van der Waals surface area (Å²) in [4.78, 5) is 25.0. The van der Waals surface area contributed by atoms with E-state index in [0.29, 0.717) is 31.9 Å². The van der Waals surface area contributed by atoms with Gasteiger partial charge in [-0.2, -0.15) is 9.97 Å². The van der Waals surface area contributed by atoms with Crippen molar-refractivity contribution >= 4 is 11.9 Å². The summed E-state index contributed by atoms with van der Waals surface area (Å²) >= 11 is 0. The molecule has 8 heteroatoms. The Morgan fingerprint density at radius 1 is 1.16 bits per heavy atom. The molecule has 0 atom stereocenters. The number of aromatic nitrogens is 3. The summed E-state index contributed by atoms with van der Waals surface area (Å²) in [7, 11) is 2.93. The lowest BCUT2D eigenvalue weighted by Gasteiger charge is -2.29. The molecule has 0 amide bonds. The number of nitrogens with zero attached hydrogens (tertiary/aromatic N) is 4. The fourth-order valence-electron chi connectivity index (χ4n) is 1.98. The minimum absolute atomic E-state index is 0.183. The Kier molecular flexibility index (Phi) is 3.98. The highest BCUT2D eigenvalue weighted by molar-refractivity contribution is 5.70. The Morgan fingerprint density at radius 2 is 1.68 bits per heavy atom. The summed E-state index contributed by atoms with van der Waals surface area (Å²) in [5.41, 5.74) is 0. The molecule has 0 saturated carbocycles. The van der Waals surface area contributed by atoms with E-state index in [1.807, 2.05) is 4.90 Å². The molecule has 1 aromatic rings. The van der Waals surface area contributed by atoms with Crippen LogP contribution in [-0.4, -0.2) is 53.3 Å². The summed E-state index contributed by atoms with van der Waals surface area (Å²) in [5.74, 6) is -0.583. The zero-order chi connectivity index (χ0) is 13.8. The number of anilines is 1. The molecule has 2 rings (SSSR count). The van der Waals surface area contributed by atoms with E-state index < -0.39 is 5.97 Å². The van der Waals surface area contributed by atoms with Gasteiger partial charge in [0.15, 0.2) is 0 Å². The molecule has 1 aromatic heterocycles. The van der Waals surface area contributed by atoms with E-state index in [0.717, 1.165) is 0 Å². The number of aliphatic carboxylic acids is 1. The Hall–Kier alpha value is -2.12. The van der Waals surface area contributed by atoms with Crippen molar-refractivity contribution in [3.8, 4) is 12.0 Å². The molecule has 8 nitrogen and oxygen atoms in total. The van der Waals surface area contributed by atoms with Crippen LogP contribution >= 0.6 is 0 Å². The highest BCUT2D eigenvalue weighted by Gasteiger charge is 2.26. The summed E-state index contributed by atoms with van der Waals surface area (Å²) in [5, 5.41) is 8.96. The number of carboxylic acids is 1. The molecule has 2 heterocycles. The zero-order valence-corrected chi connectivity index (χ0v) is 10.9. The summed E-state index contributed by atoms with van der Waals surface area (Å²) in [6.45, 7) is 1.18. The number of rotatable bonds is 4. The molecule has 0 unspecified atom stereocenters. The van der Waals surface area contributed by atoms with E-state index in [2.05, 4.69) is 15.0 Å². The van der Waals surface area contributed by atoms with E-state index in [-0.39, 0.29) is 17.9 Å². The highest BCUT2D eigenvalue weighted by atomic mass is 16.5. The first-order chi connectivity index (χ1) is 9.13. The minimum Gasteiger partial charge on any atom is -0.481 e. The number of methoxy groups -OCH3 is 2. The van der Waals surface area contributed by atoms with Crippen LogP contribution in [0, 0.1) is 5.92 Å². The molecule has 1 saturated heterocycles. The standard InChI is InChI=1S/C11H16N4O4/c1-18-10-12-9(13-11(14-10)19-2)15-5-3-7(4-6-15)8(16)17/h7H,3-6H2,1-2H3,(H,16,17). The van der Waals surface area contributed by atoms with Crippen LogP contribution in [-0.2, 0) is 4.79 Å². The molecule has 0 aliphatic carbocycles. The molecule has 0 radical (unpaired) electrons. The molecule has 0 aromatic carbocycles. The Labute approximate surface area is 110 Å². The first-order valence-corrected chi connectivity index (χ1v) is 5.96. The maximum atomic E-state index is 10.9. The maximum Gasteiger partial charge on any atom is 0.324 e. The second-order valence-corrected chi connectivity index (χ2v) is 4.21. The minimum atomic E-state index is -0.745. The van der Waals surface area contributed by atoms with Crippen molar-refractivity contribution in [1.29, 1.82) is 0 Å². The van der Waals surface area contributed by atoms with Crippen molar-refractivity contribution in [3.63, 3.8) is 0 Å². The third kappa shape index (κ3) is 3.01. The van der Waals surface area contributed by atoms with Crippen LogP contribution in [0.2, 0.25) is 0 Å². The predicted molar refractivity (Wildman–Crippen MR) is 65.5 cm³/mol. The van der Waals surface area contributed by atoms with Crippen LogP contribution in [0.3, 0.4) is 0 Å². The SMILES string of the molecule is COc1nc(OC)nc(N2CCC(C(=O)O)CC2)n1. The summed E-state index contributed by atoms with van der Waals surface area (Å²) < 4.78 is 9.97. The van der Waals surface area contributed by atoms with Gasteiger partial charge in [0, 0.05) is 13.1 Å². The average molecular weight is 268 g/mol. The number of carbonyl (C=O) groups is 1. The molecule has 104 valence electrons. The number of ether oxygens (including phenoxy) is 2. The van der Waals surface area contributed by atoms with Crippen LogP contribution in [0.15, 0.2) is 0 Å². The smallest absolute Gasteiger partial charge is 0.324 e. The topological polar surface area (TPSA) is 97.7 Å². The largest absolute Gasteiger partial charge is 0.481 e. The van der Waals surface area contributed by atoms with Crippen LogP contribution in [0.1, 0.15) is 12.8 Å². The van der Waals surface area contributed by atoms with Gasteiger partial charge in [0.2, 0.25) is 5.95 Å². The van der Waals surface area contributed by atoms with E-state index in [4.69, 9.17) is 14.6 Å². The second kappa shape index (κ2) is 5.68. The molecular formula is C11H16N4O4. The van der Waals surface area contributed by atoms with Crippen molar-refractivity contribution in [1.82, 2.24) is 15.0 Å². The van der Waals surface area contributed by atoms with Crippen LogP contribution in [0.25, 0.3) is 0 Å². The Balaban J connectivity index is 2.12. The van der Waals surface area contributed by atoms with Crippen LogP contribution < -0.4 is 14.4 Å². The first-order valence-electron chi connectivity index (χ1n) is 5.96. The summed E-state index contributed by atoms with van der Waals surface area (Å²) in [6.07, 6.45) is 1.15. The van der Waals surface area contributed by atoms with Gasteiger partial charge in [-0.25, -0.2) is 0 Å².